The summed E-state index contributed by atoms with van der Waals surface area (Å²) >= 11 is 0. The first-order valence-electron chi connectivity index (χ1n) is 7.46. The van der Waals surface area contributed by atoms with Gasteiger partial charge >= 0.3 is 12.1 Å². The molecular weight excluding hydrogens is 310 g/mol. The molecule has 6 nitrogen and oxygen atoms in total. The number of carbonyl (C=O) groups excluding carboxylic acids is 1. The number of carboxylic acid groups (broad SMARTS) is 1. The number of hydrogen-bond acceptors (Lipinski definition) is 4. The zero-order valence-electron chi connectivity index (χ0n) is 13.0. The number of ether oxygens (including phenoxy) is 1. The molecule has 2 N–H and O–H groups in total. The van der Waals surface area contributed by atoms with Gasteiger partial charge in [0.1, 0.15) is 19.4 Å². The van der Waals surface area contributed by atoms with Crippen LogP contribution in [0.25, 0.3) is 0 Å². The molecule has 0 aliphatic carbocycles. The highest BCUT2D eigenvalue weighted by Gasteiger charge is 2.30. The Kier molecular flexibility index (Phi) is 6.33. The predicted molar refractivity (Wildman–Crippen MR) is 87.1 cm³/mol. The molecule has 0 heterocycles. The number of amides is 1. The fourth-order valence-corrected chi connectivity index (χ4v) is 2.25. The van der Waals surface area contributed by atoms with Crippen LogP contribution in [0, 0.1) is 0 Å². The van der Waals surface area contributed by atoms with Gasteiger partial charge in [-0.1, -0.05) is 60.7 Å². The quantitative estimate of drug-likeness (QED) is 0.761. The van der Waals surface area contributed by atoms with Gasteiger partial charge in [0.15, 0.2) is 0 Å². The van der Waals surface area contributed by atoms with E-state index in [0.717, 1.165) is 16.0 Å². The van der Waals surface area contributed by atoms with Crippen LogP contribution in [-0.4, -0.2) is 39.9 Å². The average Bonchev–Trinajstić information content (AvgIpc) is 2.61. The second-order valence-corrected chi connectivity index (χ2v) is 5.20. The normalized spacial score (nSPS) is 11.5. The van der Waals surface area contributed by atoms with Crippen LogP contribution in [0.3, 0.4) is 0 Å². The lowest BCUT2D eigenvalue weighted by molar-refractivity contribution is -0.144. The Labute approximate surface area is 139 Å². The van der Waals surface area contributed by atoms with E-state index in [1.54, 1.807) is 36.4 Å². The Bertz CT molecular complexity index is 660. The van der Waals surface area contributed by atoms with Crippen LogP contribution >= 0.6 is 0 Å². The van der Waals surface area contributed by atoms with Gasteiger partial charge in [-0.2, -0.15) is 0 Å². The maximum atomic E-state index is 12.2. The summed E-state index contributed by atoms with van der Waals surface area (Å²) < 4.78 is 5.11. The maximum Gasteiger partial charge on any atom is 0.412 e. The average molecular weight is 329 g/mol. The van der Waals surface area contributed by atoms with Crippen molar-refractivity contribution in [1.29, 1.82) is 0 Å². The van der Waals surface area contributed by atoms with Crippen molar-refractivity contribution in [3.05, 3.63) is 71.8 Å². The number of hydrogen-bond donors (Lipinski definition) is 2. The van der Waals surface area contributed by atoms with E-state index in [1.807, 2.05) is 24.3 Å². The summed E-state index contributed by atoms with van der Waals surface area (Å²) in [6, 6.07) is 16.7. The SMILES string of the molecule is O=C(O)C(Cc1ccccc1)N(CO)C(=O)OCc1ccccc1. The lowest BCUT2D eigenvalue weighted by Gasteiger charge is -2.26. The molecule has 0 saturated carbocycles. The molecule has 0 aliphatic rings. The number of benzene rings is 2. The van der Waals surface area contributed by atoms with Crippen LogP contribution in [0.15, 0.2) is 60.7 Å². The molecule has 0 aliphatic heterocycles. The highest BCUT2D eigenvalue weighted by Crippen LogP contribution is 2.12. The topological polar surface area (TPSA) is 87.1 Å². The van der Waals surface area contributed by atoms with Gasteiger partial charge in [0.25, 0.3) is 0 Å². The number of rotatable bonds is 7. The summed E-state index contributed by atoms with van der Waals surface area (Å²) in [6.07, 6.45) is -0.790. The summed E-state index contributed by atoms with van der Waals surface area (Å²) in [4.78, 5) is 24.5. The minimum atomic E-state index is -1.21. The lowest BCUT2D eigenvalue weighted by Crippen LogP contribution is -2.47. The standard InChI is InChI=1S/C18H19NO5/c20-13-19(18(23)24-12-15-9-5-2-6-10-15)16(17(21)22)11-14-7-3-1-4-8-14/h1-10,16,20H,11-13H2,(H,21,22). The number of aliphatic hydroxyl groups excluding tert-OH is 1. The molecule has 1 atom stereocenters. The van der Waals surface area contributed by atoms with E-state index >= 15 is 0 Å². The van der Waals surface area contributed by atoms with E-state index in [0.29, 0.717) is 0 Å². The van der Waals surface area contributed by atoms with Gasteiger partial charge < -0.3 is 14.9 Å². The largest absolute Gasteiger partial charge is 0.480 e. The van der Waals surface area contributed by atoms with Crippen molar-refractivity contribution in [2.24, 2.45) is 0 Å². The zero-order chi connectivity index (χ0) is 17.4. The van der Waals surface area contributed by atoms with Gasteiger partial charge in [0.2, 0.25) is 0 Å². The van der Waals surface area contributed by atoms with Crippen molar-refractivity contribution in [3.8, 4) is 0 Å². The van der Waals surface area contributed by atoms with Crippen molar-refractivity contribution in [2.75, 3.05) is 6.73 Å². The zero-order valence-corrected chi connectivity index (χ0v) is 13.0. The molecule has 0 aromatic heterocycles. The van der Waals surface area contributed by atoms with Gasteiger partial charge in [-0.15, -0.1) is 0 Å². The Morgan fingerprint density at radius 2 is 1.50 bits per heavy atom. The first kappa shape index (κ1) is 17.5. The number of aliphatic carboxylic acids is 1. The summed E-state index contributed by atoms with van der Waals surface area (Å²) in [5.41, 5.74) is 1.53. The molecule has 0 bridgehead atoms. The summed E-state index contributed by atoms with van der Waals surface area (Å²) in [6.45, 7) is -0.731. The Hall–Kier alpha value is -2.86. The summed E-state index contributed by atoms with van der Waals surface area (Å²) in [5.74, 6) is -1.20. The first-order valence-corrected chi connectivity index (χ1v) is 7.46. The minimum absolute atomic E-state index is 0.00779. The maximum absolute atomic E-state index is 12.2. The van der Waals surface area contributed by atoms with E-state index in [4.69, 9.17) is 4.74 Å². The minimum Gasteiger partial charge on any atom is -0.480 e. The first-order chi connectivity index (χ1) is 11.6. The molecule has 1 amide bonds. The van der Waals surface area contributed by atoms with Crippen molar-refractivity contribution < 1.29 is 24.5 Å². The van der Waals surface area contributed by atoms with E-state index in [1.165, 1.54) is 0 Å². The van der Waals surface area contributed by atoms with Gasteiger partial charge in [-0.3, -0.25) is 4.90 Å². The predicted octanol–water partition coefficient (Wildman–Crippen LogP) is 2.27. The second kappa shape index (κ2) is 8.69. The van der Waals surface area contributed by atoms with E-state index in [-0.39, 0.29) is 13.0 Å². The van der Waals surface area contributed by atoms with Crippen LogP contribution < -0.4 is 0 Å². The van der Waals surface area contributed by atoms with Crippen LogP contribution in [0.2, 0.25) is 0 Å². The van der Waals surface area contributed by atoms with Crippen molar-refractivity contribution in [2.45, 2.75) is 19.1 Å². The van der Waals surface area contributed by atoms with Crippen LogP contribution in [0.5, 0.6) is 0 Å². The lowest BCUT2D eigenvalue weighted by atomic mass is 10.1. The third-order valence-electron chi connectivity index (χ3n) is 3.53. The van der Waals surface area contributed by atoms with E-state index < -0.39 is 24.8 Å². The second-order valence-electron chi connectivity index (χ2n) is 5.20. The molecular formula is C18H19NO5. The van der Waals surface area contributed by atoms with Gasteiger partial charge in [0, 0.05) is 6.42 Å². The van der Waals surface area contributed by atoms with Crippen molar-refractivity contribution in [3.63, 3.8) is 0 Å². The van der Waals surface area contributed by atoms with Crippen LogP contribution in [-0.2, 0) is 22.6 Å². The Morgan fingerprint density at radius 3 is 2.00 bits per heavy atom. The van der Waals surface area contributed by atoms with Gasteiger partial charge in [0.05, 0.1) is 0 Å². The Morgan fingerprint density at radius 1 is 0.958 bits per heavy atom. The third kappa shape index (κ3) is 4.82. The molecule has 0 saturated heterocycles. The molecule has 2 rings (SSSR count). The van der Waals surface area contributed by atoms with Gasteiger partial charge in [-0.05, 0) is 11.1 Å². The van der Waals surface area contributed by atoms with Gasteiger partial charge in [-0.25, -0.2) is 9.59 Å². The summed E-state index contributed by atoms with van der Waals surface area (Å²) in [5, 5.41) is 18.9. The number of nitrogens with zero attached hydrogens (tertiary/aromatic N) is 1. The molecule has 24 heavy (non-hydrogen) atoms. The smallest absolute Gasteiger partial charge is 0.412 e. The fraction of sp³-hybridized carbons (Fsp3) is 0.222. The molecule has 126 valence electrons. The number of carbonyl (C=O) groups is 2. The molecule has 1 unspecified atom stereocenters. The monoisotopic (exact) mass is 329 g/mol. The number of carboxylic acids is 1. The molecule has 2 aromatic rings. The summed E-state index contributed by atoms with van der Waals surface area (Å²) in [7, 11) is 0. The van der Waals surface area contributed by atoms with E-state index in [2.05, 4.69) is 0 Å². The van der Waals surface area contributed by atoms with Crippen LogP contribution in [0.1, 0.15) is 11.1 Å². The fourth-order valence-electron chi connectivity index (χ4n) is 2.25. The van der Waals surface area contributed by atoms with Crippen molar-refractivity contribution in [1.82, 2.24) is 4.90 Å². The Balaban J connectivity index is 2.05. The van der Waals surface area contributed by atoms with Crippen LogP contribution in [0.4, 0.5) is 4.79 Å². The molecule has 6 heteroatoms. The van der Waals surface area contributed by atoms with Crippen molar-refractivity contribution >= 4 is 12.1 Å². The highest BCUT2D eigenvalue weighted by atomic mass is 16.6. The number of aliphatic hydroxyl groups is 1. The molecule has 0 fully saturated rings. The molecule has 2 aromatic carbocycles. The molecule has 0 spiro atoms. The van der Waals surface area contributed by atoms with E-state index in [9.17, 15) is 19.8 Å². The third-order valence-corrected chi connectivity index (χ3v) is 3.53. The molecule has 0 radical (unpaired) electrons. The highest BCUT2D eigenvalue weighted by molar-refractivity contribution is 5.80.